The van der Waals surface area contributed by atoms with Crippen LogP contribution in [0.1, 0.15) is 70.6 Å². The Morgan fingerprint density at radius 2 is 1.46 bits per heavy atom. The zero-order chi connectivity index (χ0) is 15.2. The molecular formula is C18H34Cl2N2O2. The maximum absolute atomic E-state index is 12.8. The summed E-state index contributed by atoms with van der Waals surface area (Å²) in [5.41, 5.74) is 0. The molecule has 0 aromatic heterocycles. The van der Waals surface area contributed by atoms with Gasteiger partial charge in [-0.05, 0) is 70.4 Å². The molecule has 1 atom stereocenters. The molecule has 0 spiro atoms. The van der Waals surface area contributed by atoms with E-state index in [1.54, 1.807) is 0 Å². The number of esters is 1. The Bertz CT molecular complexity index is 353. The van der Waals surface area contributed by atoms with E-state index in [1.807, 2.05) is 0 Å². The van der Waals surface area contributed by atoms with Crippen LogP contribution in [0.2, 0.25) is 0 Å². The zero-order valence-electron chi connectivity index (χ0n) is 14.6. The largest absolute Gasteiger partial charge is 0.461 e. The minimum atomic E-state index is -0.0657. The molecule has 2 aliphatic carbocycles. The van der Waals surface area contributed by atoms with Crippen LogP contribution in [-0.4, -0.2) is 37.2 Å². The lowest BCUT2D eigenvalue weighted by Gasteiger charge is -2.34. The SMILES string of the molecule is Cl.Cl.O=C(OC1CCCC1)[C@@H](NC1CCNCC1)C1CCCCC1. The Labute approximate surface area is 159 Å². The Kier molecular flexibility index (Phi) is 10.6. The number of carbonyl (C=O) groups is 1. The lowest BCUT2D eigenvalue weighted by atomic mass is 9.83. The highest BCUT2D eigenvalue weighted by Gasteiger charge is 2.34. The van der Waals surface area contributed by atoms with E-state index in [1.165, 1.54) is 44.9 Å². The standard InChI is InChI=1S/C18H32N2O2.2ClH/c21-18(22-16-8-4-5-9-16)17(14-6-2-1-3-7-14)20-15-10-12-19-13-11-15;;/h14-17,19-20H,1-13H2;2*1H/t17-;;/m0../s1. The minimum absolute atomic E-state index is 0. The summed E-state index contributed by atoms with van der Waals surface area (Å²) in [4.78, 5) is 12.8. The van der Waals surface area contributed by atoms with Crippen molar-refractivity contribution >= 4 is 30.8 Å². The molecule has 0 unspecified atom stereocenters. The van der Waals surface area contributed by atoms with Crippen LogP contribution in [0.3, 0.4) is 0 Å². The van der Waals surface area contributed by atoms with Gasteiger partial charge in [0.1, 0.15) is 12.1 Å². The molecule has 2 saturated carbocycles. The monoisotopic (exact) mass is 380 g/mol. The molecule has 3 fully saturated rings. The minimum Gasteiger partial charge on any atom is -0.461 e. The van der Waals surface area contributed by atoms with Gasteiger partial charge >= 0.3 is 5.97 Å². The molecule has 3 rings (SSSR count). The van der Waals surface area contributed by atoms with E-state index in [0.717, 1.165) is 38.8 Å². The van der Waals surface area contributed by atoms with Crippen molar-refractivity contribution in [2.75, 3.05) is 13.1 Å². The molecule has 3 aliphatic rings. The van der Waals surface area contributed by atoms with Crippen molar-refractivity contribution in [3.05, 3.63) is 0 Å². The van der Waals surface area contributed by atoms with Gasteiger partial charge in [-0.3, -0.25) is 4.79 Å². The third-order valence-corrected chi connectivity index (χ3v) is 5.71. The fraction of sp³-hybridized carbons (Fsp3) is 0.944. The lowest BCUT2D eigenvalue weighted by molar-refractivity contribution is -0.153. The number of ether oxygens (including phenoxy) is 1. The smallest absolute Gasteiger partial charge is 0.323 e. The van der Waals surface area contributed by atoms with Crippen molar-refractivity contribution in [2.45, 2.75) is 88.8 Å². The van der Waals surface area contributed by atoms with E-state index < -0.39 is 0 Å². The van der Waals surface area contributed by atoms with E-state index in [2.05, 4.69) is 10.6 Å². The number of carbonyl (C=O) groups excluding carboxylic acids is 1. The molecule has 24 heavy (non-hydrogen) atoms. The Morgan fingerprint density at radius 3 is 2.08 bits per heavy atom. The Morgan fingerprint density at radius 1 is 0.875 bits per heavy atom. The first-order valence-electron chi connectivity index (χ1n) is 9.50. The van der Waals surface area contributed by atoms with Gasteiger partial charge in [-0.25, -0.2) is 0 Å². The summed E-state index contributed by atoms with van der Waals surface area (Å²) >= 11 is 0. The van der Waals surface area contributed by atoms with Crippen LogP contribution in [0.4, 0.5) is 0 Å². The number of hydrogen-bond acceptors (Lipinski definition) is 4. The molecule has 2 N–H and O–H groups in total. The third-order valence-electron chi connectivity index (χ3n) is 5.71. The van der Waals surface area contributed by atoms with Gasteiger partial charge in [-0.15, -0.1) is 24.8 Å². The van der Waals surface area contributed by atoms with Crippen molar-refractivity contribution in [2.24, 2.45) is 5.92 Å². The molecule has 142 valence electrons. The number of nitrogens with one attached hydrogen (secondary N) is 2. The highest BCUT2D eigenvalue weighted by atomic mass is 35.5. The topological polar surface area (TPSA) is 50.4 Å². The summed E-state index contributed by atoms with van der Waals surface area (Å²) in [5, 5.41) is 7.08. The molecular weight excluding hydrogens is 347 g/mol. The zero-order valence-corrected chi connectivity index (χ0v) is 16.3. The summed E-state index contributed by atoms with van der Waals surface area (Å²) in [7, 11) is 0. The van der Waals surface area contributed by atoms with E-state index in [4.69, 9.17) is 4.74 Å². The highest BCUT2D eigenvalue weighted by molar-refractivity contribution is 5.85. The van der Waals surface area contributed by atoms with Crippen LogP contribution in [0.5, 0.6) is 0 Å². The normalized spacial score (nSPS) is 24.7. The molecule has 1 saturated heterocycles. The molecule has 1 heterocycles. The summed E-state index contributed by atoms with van der Waals surface area (Å²) in [6, 6.07) is 0.410. The summed E-state index contributed by atoms with van der Waals surface area (Å²) < 4.78 is 5.85. The maximum atomic E-state index is 12.8. The third kappa shape index (κ3) is 6.36. The van der Waals surface area contributed by atoms with Crippen LogP contribution in [-0.2, 0) is 9.53 Å². The summed E-state index contributed by atoms with van der Waals surface area (Å²) in [6.07, 6.45) is 13.2. The van der Waals surface area contributed by atoms with E-state index in [0.29, 0.717) is 12.0 Å². The molecule has 4 nitrogen and oxygen atoms in total. The molecule has 0 amide bonds. The lowest BCUT2D eigenvalue weighted by Crippen LogP contribution is -2.52. The summed E-state index contributed by atoms with van der Waals surface area (Å²) in [5.74, 6) is 0.523. The van der Waals surface area contributed by atoms with Crippen molar-refractivity contribution in [1.82, 2.24) is 10.6 Å². The van der Waals surface area contributed by atoms with Gasteiger partial charge in [-0.1, -0.05) is 19.3 Å². The van der Waals surface area contributed by atoms with Crippen molar-refractivity contribution in [3.63, 3.8) is 0 Å². The van der Waals surface area contributed by atoms with Gasteiger partial charge in [0.2, 0.25) is 0 Å². The Hall–Kier alpha value is -0.0300. The Balaban J connectivity index is 0.00000144. The predicted octanol–water partition coefficient (Wildman–Crippen LogP) is 3.61. The quantitative estimate of drug-likeness (QED) is 0.715. The number of rotatable bonds is 5. The van der Waals surface area contributed by atoms with Crippen molar-refractivity contribution in [1.29, 1.82) is 0 Å². The molecule has 1 aliphatic heterocycles. The van der Waals surface area contributed by atoms with Crippen LogP contribution in [0.25, 0.3) is 0 Å². The average molecular weight is 381 g/mol. The van der Waals surface area contributed by atoms with Crippen LogP contribution in [0.15, 0.2) is 0 Å². The second kappa shape index (κ2) is 11.6. The van der Waals surface area contributed by atoms with Crippen LogP contribution >= 0.6 is 24.8 Å². The molecule has 0 aromatic carbocycles. The fourth-order valence-corrected chi connectivity index (χ4v) is 4.35. The summed E-state index contributed by atoms with van der Waals surface area (Å²) in [6.45, 7) is 2.12. The van der Waals surface area contributed by atoms with Crippen LogP contribution in [0, 0.1) is 5.92 Å². The molecule has 0 radical (unpaired) electrons. The highest BCUT2D eigenvalue weighted by Crippen LogP contribution is 2.29. The van der Waals surface area contributed by atoms with Gasteiger partial charge in [0.15, 0.2) is 0 Å². The predicted molar refractivity (Wildman–Crippen MR) is 102 cm³/mol. The second-order valence-electron chi connectivity index (χ2n) is 7.41. The number of piperidine rings is 1. The number of halogens is 2. The molecule has 6 heteroatoms. The number of hydrogen-bond donors (Lipinski definition) is 2. The van der Waals surface area contributed by atoms with Gasteiger partial charge < -0.3 is 15.4 Å². The second-order valence-corrected chi connectivity index (χ2v) is 7.41. The van der Waals surface area contributed by atoms with Gasteiger partial charge in [0.25, 0.3) is 0 Å². The fourth-order valence-electron chi connectivity index (χ4n) is 4.35. The molecule has 0 aromatic rings. The van der Waals surface area contributed by atoms with Gasteiger partial charge in [-0.2, -0.15) is 0 Å². The molecule has 0 bridgehead atoms. The van der Waals surface area contributed by atoms with E-state index in [9.17, 15) is 4.79 Å². The van der Waals surface area contributed by atoms with Gasteiger partial charge in [0, 0.05) is 6.04 Å². The first kappa shape index (κ1) is 22.0. The van der Waals surface area contributed by atoms with Crippen molar-refractivity contribution in [3.8, 4) is 0 Å². The first-order valence-corrected chi connectivity index (χ1v) is 9.50. The maximum Gasteiger partial charge on any atom is 0.323 e. The van der Waals surface area contributed by atoms with Crippen molar-refractivity contribution < 1.29 is 9.53 Å². The van der Waals surface area contributed by atoms with E-state index in [-0.39, 0.29) is 42.9 Å². The van der Waals surface area contributed by atoms with E-state index >= 15 is 0 Å². The average Bonchev–Trinajstić information content (AvgIpc) is 3.07. The van der Waals surface area contributed by atoms with Gasteiger partial charge in [0.05, 0.1) is 0 Å². The van der Waals surface area contributed by atoms with Crippen LogP contribution < -0.4 is 10.6 Å². The first-order chi connectivity index (χ1) is 10.8.